The standard InChI is InChI=1S/C20H30N2O3/c1-21-9-2-3-18(21)19(23)22-10-6-20(7-11-22)8-12-24-14-17(20)15-25-13-16-4-5-16/h2-3,9,16-17H,4-8,10-15H2,1H3/t17-/m0/s1. The summed E-state index contributed by atoms with van der Waals surface area (Å²) in [6.07, 6.45) is 7.86. The minimum Gasteiger partial charge on any atom is -0.381 e. The number of aromatic nitrogens is 1. The molecule has 1 aliphatic carbocycles. The molecule has 0 bridgehead atoms. The van der Waals surface area contributed by atoms with Crippen molar-refractivity contribution in [2.75, 3.05) is 39.5 Å². The van der Waals surface area contributed by atoms with E-state index >= 15 is 0 Å². The zero-order valence-corrected chi connectivity index (χ0v) is 15.3. The fourth-order valence-corrected chi connectivity index (χ4v) is 4.43. The zero-order chi connectivity index (χ0) is 17.3. The van der Waals surface area contributed by atoms with Gasteiger partial charge >= 0.3 is 0 Å². The monoisotopic (exact) mass is 346 g/mol. The van der Waals surface area contributed by atoms with Crippen LogP contribution in [0.25, 0.3) is 0 Å². The van der Waals surface area contributed by atoms with Crippen LogP contribution in [0.15, 0.2) is 18.3 Å². The molecule has 25 heavy (non-hydrogen) atoms. The normalized spacial score (nSPS) is 26.1. The molecule has 4 rings (SSSR count). The second-order valence-corrected chi connectivity index (χ2v) is 8.16. The van der Waals surface area contributed by atoms with E-state index in [-0.39, 0.29) is 5.91 Å². The fourth-order valence-electron chi connectivity index (χ4n) is 4.43. The number of rotatable bonds is 5. The van der Waals surface area contributed by atoms with Gasteiger partial charge in [0.2, 0.25) is 0 Å². The van der Waals surface area contributed by atoms with Gasteiger partial charge in [0.1, 0.15) is 5.69 Å². The number of carbonyl (C=O) groups is 1. The Balaban J connectivity index is 1.36. The van der Waals surface area contributed by atoms with Crippen LogP contribution in [0.1, 0.15) is 42.6 Å². The van der Waals surface area contributed by atoms with E-state index in [9.17, 15) is 4.79 Å². The summed E-state index contributed by atoms with van der Waals surface area (Å²) >= 11 is 0. The van der Waals surface area contributed by atoms with Crippen molar-refractivity contribution in [3.8, 4) is 0 Å². The van der Waals surface area contributed by atoms with Gasteiger partial charge in [-0.25, -0.2) is 0 Å². The summed E-state index contributed by atoms with van der Waals surface area (Å²) in [5.41, 5.74) is 1.08. The highest BCUT2D eigenvalue weighted by atomic mass is 16.5. The maximum Gasteiger partial charge on any atom is 0.270 e. The Morgan fingerprint density at radius 2 is 2.08 bits per heavy atom. The van der Waals surface area contributed by atoms with Crippen LogP contribution in [-0.2, 0) is 16.5 Å². The number of hydrogen-bond donors (Lipinski definition) is 0. The third kappa shape index (κ3) is 3.63. The molecule has 1 saturated carbocycles. The van der Waals surface area contributed by atoms with Crippen LogP contribution >= 0.6 is 0 Å². The highest BCUT2D eigenvalue weighted by Gasteiger charge is 2.44. The predicted molar refractivity (Wildman–Crippen MR) is 95.5 cm³/mol. The highest BCUT2D eigenvalue weighted by Crippen LogP contribution is 2.45. The SMILES string of the molecule is Cn1cccc1C(=O)N1CCC2(CCOC[C@H]2COCC2CC2)CC1. The second kappa shape index (κ2) is 7.12. The van der Waals surface area contributed by atoms with E-state index in [1.807, 2.05) is 34.8 Å². The lowest BCUT2D eigenvalue weighted by molar-refractivity contribution is -0.0976. The third-order valence-electron chi connectivity index (χ3n) is 6.51. The molecule has 3 aliphatic rings. The third-order valence-corrected chi connectivity index (χ3v) is 6.51. The molecule has 5 heteroatoms. The fraction of sp³-hybridized carbons (Fsp3) is 0.750. The lowest BCUT2D eigenvalue weighted by Gasteiger charge is -2.49. The van der Waals surface area contributed by atoms with Crippen molar-refractivity contribution in [3.05, 3.63) is 24.0 Å². The van der Waals surface area contributed by atoms with Gasteiger partial charge in [-0.15, -0.1) is 0 Å². The molecule has 1 atom stereocenters. The lowest BCUT2D eigenvalue weighted by Crippen LogP contribution is -2.50. The summed E-state index contributed by atoms with van der Waals surface area (Å²) in [4.78, 5) is 14.8. The van der Waals surface area contributed by atoms with Crippen LogP contribution in [0.2, 0.25) is 0 Å². The molecule has 2 saturated heterocycles. The largest absolute Gasteiger partial charge is 0.381 e. The van der Waals surface area contributed by atoms with E-state index in [2.05, 4.69) is 0 Å². The number of amides is 1. The molecule has 5 nitrogen and oxygen atoms in total. The lowest BCUT2D eigenvalue weighted by atomic mass is 9.66. The van der Waals surface area contributed by atoms with Gasteiger partial charge in [0, 0.05) is 45.5 Å². The van der Waals surface area contributed by atoms with Gasteiger partial charge in [0.25, 0.3) is 5.91 Å². The van der Waals surface area contributed by atoms with E-state index in [1.54, 1.807) is 0 Å². The number of piperidine rings is 1. The Morgan fingerprint density at radius 3 is 2.76 bits per heavy atom. The summed E-state index contributed by atoms with van der Waals surface area (Å²) in [5, 5.41) is 0. The number of nitrogens with zero attached hydrogens (tertiary/aromatic N) is 2. The Morgan fingerprint density at radius 1 is 1.28 bits per heavy atom. The van der Waals surface area contributed by atoms with Crippen LogP contribution in [0, 0.1) is 17.3 Å². The smallest absolute Gasteiger partial charge is 0.270 e. The quantitative estimate of drug-likeness (QED) is 0.823. The predicted octanol–water partition coefficient (Wildman–Crippen LogP) is 2.71. The van der Waals surface area contributed by atoms with Gasteiger partial charge in [-0.2, -0.15) is 0 Å². The topological polar surface area (TPSA) is 43.7 Å². The first-order valence-electron chi connectivity index (χ1n) is 9.74. The van der Waals surface area contributed by atoms with Gasteiger partial charge in [-0.3, -0.25) is 4.79 Å². The number of ether oxygens (including phenoxy) is 2. The average molecular weight is 346 g/mol. The molecule has 1 aromatic rings. The molecule has 3 heterocycles. The first kappa shape index (κ1) is 17.1. The summed E-state index contributed by atoms with van der Waals surface area (Å²) in [6.45, 7) is 5.11. The number of aryl methyl sites for hydroxylation is 1. The van der Waals surface area contributed by atoms with Crippen LogP contribution in [0.4, 0.5) is 0 Å². The van der Waals surface area contributed by atoms with Gasteiger partial charge < -0.3 is 18.9 Å². The van der Waals surface area contributed by atoms with Gasteiger partial charge in [-0.05, 0) is 55.6 Å². The van der Waals surface area contributed by atoms with E-state index in [0.29, 0.717) is 11.3 Å². The first-order chi connectivity index (χ1) is 12.2. The molecule has 0 unspecified atom stereocenters. The highest BCUT2D eigenvalue weighted by molar-refractivity contribution is 5.92. The summed E-state index contributed by atoms with van der Waals surface area (Å²) in [5.74, 6) is 1.45. The summed E-state index contributed by atoms with van der Waals surface area (Å²) < 4.78 is 13.7. The number of carbonyl (C=O) groups excluding carboxylic acids is 1. The van der Waals surface area contributed by atoms with Crippen molar-refractivity contribution in [2.45, 2.75) is 32.1 Å². The molecule has 3 fully saturated rings. The van der Waals surface area contributed by atoms with Crippen LogP contribution < -0.4 is 0 Å². The van der Waals surface area contributed by atoms with E-state index in [4.69, 9.17) is 9.47 Å². The molecule has 0 aromatic carbocycles. The van der Waals surface area contributed by atoms with Crippen molar-refractivity contribution >= 4 is 5.91 Å². The first-order valence-corrected chi connectivity index (χ1v) is 9.74. The van der Waals surface area contributed by atoms with Crippen molar-refractivity contribution in [3.63, 3.8) is 0 Å². The van der Waals surface area contributed by atoms with E-state index in [0.717, 1.165) is 70.4 Å². The molecule has 1 amide bonds. The molecule has 1 aromatic heterocycles. The maximum atomic E-state index is 12.7. The Bertz CT molecular complexity index is 600. The van der Waals surface area contributed by atoms with E-state index in [1.165, 1.54) is 12.8 Å². The van der Waals surface area contributed by atoms with Crippen molar-refractivity contribution < 1.29 is 14.3 Å². The molecule has 0 radical (unpaired) electrons. The average Bonchev–Trinajstić information content (AvgIpc) is 3.36. The Kier molecular flexibility index (Phi) is 4.87. The summed E-state index contributed by atoms with van der Waals surface area (Å²) in [7, 11) is 1.93. The molecule has 2 aliphatic heterocycles. The van der Waals surface area contributed by atoms with E-state index < -0.39 is 0 Å². The maximum absolute atomic E-state index is 12.7. The minimum atomic E-state index is 0.163. The molecular formula is C20H30N2O3. The van der Waals surface area contributed by atoms with Gasteiger partial charge in [-0.1, -0.05) is 0 Å². The molecule has 0 N–H and O–H groups in total. The van der Waals surface area contributed by atoms with Crippen LogP contribution in [0.3, 0.4) is 0 Å². The van der Waals surface area contributed by atoms with Gasteiger partial charge in [0.05, 0.1) is 13.2 Å². The van der Waals surface area contributed by atoms with Crippen LogP contribution in [-0.4, -0.2) is 54.9 Å². The molecule has 1 spiro atoms. The molecule has 138 valence electrons. The summed E-state index contributed by atoms with van der Waals surface area (Å²) in [6, 6.07) is 3.85. The Hall–Kier alpha value is -1.33. The molecular weight excluding hydrogens is 316 g/mol. The number of likely N-dealkylation sites (tertiary alicyclic amines) is 1. The minimum absolute atomic E-state index is 0.163. The zero-order valence-electron chi connectivity index (χ0n) is 15.3. The van der Waals surface area contributed by atoms with Gasteiger partial charge in [0.15, 0.2) is 0 Å². The second-order valence-electron chi connectivity index (χ2n) is 8.16. The Labute approximate surface area is 150 Å². The van der Waals surface area contributed by atoms with Crippen molar-refractivity contribution in [1.82, 2.24) is 9.47 Å². The van der Waals surface area contributed by atoms with Crippen molar-refractivity contribution in [1.29, 1.82) is 0 Å². The van der Waals surface area contributed by atoms with Crippen LogP contribution in [0.5, 0.6) is 0 Å². The van der Waals surface area contributed by atoms with Crippen molar-refractivity contribution in [2.24, 2.45) is 24.3 Å². The number of hydrogen-bond acceptors (Lipinski definition) is 3.